The van der Waals surface area contributed by atoms with E-state index in [9.17, 15) is 4.79 Å². The summed E-state index contributed by atoms with van der Waals surface area (Å²) in [6, 6.07) is 13.9. The number of aromatic amines is 1. The van der Waals surface area contributed by atoms with Crippen molar-refractivity contribution in [2.24, 2.45) is 0 Å². The van der Waals surface area contributed by atoms with Crippen LogP contribution in [-0.4, -0.2) is 17.7 Å². The Morgan fingerprint density at radius 2 is 1.88 bits per heavy atom. The molecule has 0 unspecified atom stereocenters. The lowest BCUT2D eigenvalue weighted by atomic mass is 9.87. The van der Waals surface area contributed by atoms with Gasteiger partial charge in [0.1, 0.15) is 5.69 Å². The third kappa shape index (κ3) is 3.12. The molecule has 5 heteroatoms. The molecule has 1 aliphatic rings. The molecule has 0 spiro atoms. The predicted octanol–water partition coefficient (Wildman–Crippen LogP) is 4.12. The summed E-state index contributed by atoms with van der Waals surface area (Å²) in [5.74, 6) is 1.33. The van der Waals surface area contributed by atoms with Gasteiger partial charge in [-0.25, -0.2) is 0 Å². The first-order chi connectivity index (χ1) is 12.4. The van der Waals surface area contributed by atoms with Gasteiger partial charge in [-0.3, -0.25) is 4.79 Å². The van der Waals surface area contributed by atoms with Crippen LogP contribution in [0.3, 0.4) is 0 Å². The van der Waals surface area contributed by atoms with Crippen LogP contribution in [-0.2, 0) is 12.0 Å². The largest absolute Gasteiger partial charge is 0.454 e. The van der Waals surface area contributed by atoms with Gasteiger partial charge in [0.05, 0.1) is 0 Å². The molecule has 0 bridgehead atoms. The summed E-state index contributed by atoms with van der Waals surface area (Å²) in [5, 5.41) is 3.98. The van der Waals surface area contributed by atoms with Crippen LogP contribution in [0.2, 0.25) is 0 Å². The van der Waals surface area contributed by atoms with E-state index in [2.05, 4.69) is 49.3 Å². The standard InChI is InChI=1S/C21H22N2O3/c1-21(2,3)15-6-5-14-9-17(23-16(14)10-15)20(24)22-11-13-4-7-18-19(8-13)26-12-25-18/h4-10,23H,11-12H2,1-3H3,(H,22,24). The van der Waals surface area contributed by atoms with E-state index in [1.165, 1.54) is 5.56 Å². The van der Waals surface area contributed by atoms with Crippen molar-refractivity contribution in [1.82, 2.24) is 10.3 Å². The molecule has 26 heavy (non-hydrogen) atoms. The van der Waals surface area contributed by atoms with Gasteiger partial charge in [-0.1, -0.05) is 39.0 Å². The van der Waals surface area contributed by atoms with Crippen LogP contribution in [0, 0.1) is 0 Å². The van der Waals surface area contributed by atoms with Crippen molar-refractivity contribution >= 4 is 16.8 Å². The Bertz CT molecular complexity index is 983. The SMILES string of the molecule is CC(C)(C)c1ccc2cc(C(=O)NCc3ccc4c(c3)OCO4)[nH]c2c1. The molecule has 0 radical (unpaired) electrons. The van der Waals surface area contributed by atoms with Crippen LogP contribution in [0.5, 0.6) is 11.5 Å². The van der Waals surface area contributed by atoms with Crippen molar-refractivity contribution in [2.75, 3.05) is 6.79 Å². The van der Waals surface area contributed by atoms with E-state index >= 15 is 0 Å². The normalized spacial score (nSPS) is 13.2. The Labute approximate surface area is 152 Å². The number of rotatable bonds is 3. The van der Waals surface area contributed by atoms with Gasteiger partial charge in [-0.05, 0) is 40.8 Å². The number of hydrogen-bond donors (Lipinski definition) is 2. The molecular weight excluding hydrogens is 328 g/mol. The highest BCUT2D eigenvalue weighted by Crippen LogP contribution is 2.32. The summed E-state index contributed by atoms with van der Waals surface area (Å²) in [4.78, 5) is 15.7. The molecule has 1 aromatic heterocycles. The van der Waals surface area contributed by atoms with E-state index < -0.39 is 0 Å². The zero-order valence-corrected chi connectivity index (χ0v) is 15.2. The zero-order chi connectivity index (χ0) is 18.3. The number of ether oxygens (including phenoxy) is 2. The molecule has 0 atom stereocenters. The highest BCUT2D eigenvalue weighted by Gasteiger charge is 2.16. The van der Waals surface area contributed by atoms with Crippen LogP contribution in [0.1, 0.15) is 42.4 Å². The number of benzene rings is 2. The smallest absolute Gasteiger partial charge is 0.267 e. The van der Waals surface area contributed by atoms with Crippen LogP contribution in [0.25, 0.3) is 10.9 Å². The van der Waals surface area contributed by atoms with Gasteiger partial charge < -0.3 is 19.8 Å². The van der Waals surface area contributed by atoms with Crippen molar-refractivity contribution < 1.29 is 14.3 Å². The summed E-state index contributed by atoms with van der Waals surface area (Å²) in [5.41, 5.74) is 3.81. The Hall–Kier alpha value is -2.95. The van der Waals surface area contributed by atoms with Crippen LogP contribution >= 0.6 is 0 Å². The van der Waals surface area contributed by atoms with E-state index in [1.807, 2.05) is 24.3 Å². The minimum Gasteiger partial charge on any atom is -0.454 e. The summed E-state index contributed by atoms with van der Waals surface area (Å²) in [7, 11) is 0. The Balaban J connectivity index is 1.49. The Kier molecular flexibility index (Phi) is 3.87. The van der Waals surface area contributed by atoms with Crippen molar-refractivity contribution in [3.8, 4) is 11.5 Å². The van der Waals surface area contributed by atoms with Gasteiger partial charge in [0, 0.05) is 17.4 Å². The highest BCUT2D eigenvalue weighted by molar-refractivity contribution is 5.98. The number of H-pyrrole nitrogens is 1. The third-order valence-corrected chi connectivity index (χ3v) is 4.62. The maximum atomic E-state index is 12.5. The third-order valence-electron chi connectivity index (χ3n) is 4.62. The summed E-state index contributed by atoms with van der Waals surface area (Å²) in [6.07, 6.45) is 0. The number of carbonyl (C=O) groups excluding carboxylic acids is 1. The topological polar surface area (TPSA) is 63.4 Å². The lowest BCUT2D eigenvalue weighted by Gasteiger charge is -2.18. The highest BCUT2D eigenvalue weighted by atomic mass is 16.7. The second kappa shape index (κ2) is 6.09. The number of fused-ring (bicyclic) bond motifs is 2. The zero-order valence-electron chi connectivity index (χ0n) is 15.2. The first-order valence-corrected chi connectivity index (χ1v) is 8.70. The van der Waals surface area contributed by atoms with Crippen LogP contribution < -0.4 is 14.8 Å². The van der Waals surface area contributed by atoms with Crippen molar-refractivity contribution in [3.05, 3.63) is 59.3 Å². The van der Waals surface area contributed by atoms with Gasteiger partial charge in [0.25, 0.3) is 5.91 Å². The molecule has 0 aliphatic carbocycles. The molecular formula is C21H22N2O3. The van der Waals surface area contributed by atoms with Crippen LogP contribution in [0.4, 0.5) is 0 Å². The molecule has 1 aliphatic heterocycles. The fourth-order valence-corrected chi connectivity index (χ4v) is 3.04. The molecule has 2 N–H and O–H groups in total. The molecule has 134 valence electrons. The molecule has 1 amide bonds. The quantitative estimate of drug-likeness (QED) is 0.747. The van der Waals surface area contributed by atoms with Crippen molar-refractivity contribution in [1.29, 1.82) is 0 Å². The van der Waals surface area contributed by atoms with E-state index in [1.54, 1.807) is 0 Å². The molecule has 2 aromatic carbocycles. The van der Waals surface area contributed by atoms with E-state index in [4.69, 9.17) is 9.47 Å². The van der Waals surface area contributed by atoms with E-state index in [0.717, 1.165) is 28.0 Å². The average Bonchev–Trinajstić information content (AvgIpc) is 3.24. The van der Waals surface area contributed by atoms with Gasteiger partial charge >= 0.3 is 0 Å². The molecule has 0 saturated heterocycles. The second-order valence-corrected chi connectivity index (χ2v) is 7.61. The number of carbonyl (C=O) groups is 1. The fourth-order valence-electron chi connectivity index (χ4n) is 3.04. The summed E-state index contributed by atoms with van der Waals surface area (Å²) in [6.45, 7) is 7.21. The van der Waals surface area contributed by atoms with Crippen LogP contribution in [0.15, 0.2) is 42.5 Å². The fraction of sp³-hybridized carbons (Fsp3) is 0.286. The minimum atomic E-state index is -0.129. The number of aromatic nitrogens is 1. The van der Waals surface area contributed by atoms with E-state index in [-0.39, 0.29) is 18.1 Å². The Morgan fingerprint density at radius 3 is 2.69 bits per heavy atom. The second-order valence-electron chi connectivity index (χ2n) is 7.61. The molecule has 3 aromatic rings. The molecule has 4 rings (SSSR count). The van der Waals surface area contributed by atoms with Gasteiger partial charge in [-0.2, -0.15) is 0 Å². The monoisotopic (exact) mass is 350 g/mol. The lowest BCUT2D eigenvalue weighted by Crippen LogP contribution is -2.23. The summed E-state index contributed by atoms with van der Waals surface area (Å²) >= 11 is 0. The summed E-state index contributed by atoms with van der Waals surface area (Å²) < 4.78 is 10.7. The predicted molar refractivity (Wildman–Crippen MR) is 101 cm³/mol. The van der Waals surface area contributed by atoms with Crippen molar-refractivity contribution in [3.63, 3.8) is 0 Å². The van der Waals surface area contributed by atoms with Gasteiger partial charge in [0.2, 0.25) is 6.79 Å². The average molecular weight is 350 g/mol. The van der Waals surface area contributed by atoms with Gasteiger partial charge in [-0.15, -0.1) is 0 Å². The number of nitrogens with one attached hydrogen (secondary N) is 2. The molecule has 2 heterocycles. The Morgan fingerprint density at radius 1 is 1.08 bits per heavy atom. The molecule has 0 saturated carbocycles. The maximum absolute atomic E-state index is 12.5. The number of hydrogen-bond acceptors (Lipinski definition) is 3. The molecule has 0 fully saturated rings. The minimum absolute atomic E-state index is 0.0705. The van der Waals surface area contributed by atoms with Crippen molar-refractivity contribution in [2.45, 2.75) is 32.7 Å². The first-order valence-electron chi connectivity index (χ1n) is 8.70. The molecule has 5 nitrogen and oxygen atoms in total. The first kappa shape index (κ1) is 16.5. The van der Waals surface area contributed by atoms with Gasteiger partial charge in [0.15, 0.2) is 11.5 Å². The number of amides is 1. The maximum Gasteiger partial charge on any atom is 0.267 e. The van der Waals surface area contributed by atoms with E-state index in [0.29, 0.717) is 12.2 Å². The lowest BCUT2D eigenvalue weighted by molar-refractivity contribution is 0.0946.